The predicted molar refractivity (Wildman–Crippen MR) is 114 cm³/mol. The minimum Gasteiger partial charge on any atom is -0.511 e. The number of hydrogen-bond acceptors (Lipinski definition) is 4. The summed E-state index contributed by atoms with van der Waals surface area (Å²) in [7, 11) is 1.97. The molecule has 148 valence electrons. The van der Waals surface area contributed by atoms with Crippen molar-refractivity contribution in [2.24, 2.45) is 5.41 Å². The normalized spacial score (nSPS) is 16.2. The van der Waals surface area contributed by atoms with Crippen LogP contribution in [0.25, 0.3) is 0 Å². The predicted octanol–water partition coefficient (Wildman–Crippen LogP) is 5.65. The molecule has 0 bridgehead atoms. The first-order valence-electron chi connectivity index (χ1n) is 9.05. The zero-order chi connectivity index (χ0) is 20.9. The van der Waals surface area contributed by atoms with Crippen LogP contribution in [0.3, 0.4) is 0 Å². The summed E-state index contributed by atoms with van der Waals surface area (Å²) in [4.78, 5) is 25.4. The van der Waals surface area contributed by atoms with Crippen molar-refractivity contribution in [2.45, 2.75) is 60.8 Å². The Morgan fingerprint density at radius 2 is 1.37 bits per heavy atom. The highest BCUT2D eigenvalue weighted by Gasteiger charge is 2.49. The number of allylic oxidation sites excluding steroid dienone is 9. The molecule has 1 aliphatic rings. The van der Waals surface area contributed by atoms with Crippen LogP contribution in [-0.4, -0.2) is 21.5 Å². The van der Waals surface area contributed by atoms with E-state index >= 15 is 0 Å². The summed E-state index contributed by atoms with van der Waals surface area (Å²) in [5, 5.41) is 21.7. The van der Waals surface area contributed by atoms with Gasteiger partial charge < -0.3 is 10.2 Å². The van der Waals surface area contributed by atoms with Crippen molar-refractivity contribution < 1.29 is 19.8 Å². The van der Waals surface area contributed by atoms with Crippen LogP contribution < -0.4 is 0 Å². The second-order valence-corrected chi connectivity index (χ2v) is 8.31. The quantitative estimate of drug-likeness (QED) is 0.335. The summed E-state index contributed by atoms with van der Waals surface area (Å²) in [6, 6.07) is 0. The molecule has 0 aromatic heterocycles. The topological polar surface area (TPSA) is 74.6 Å². The lowest BCUT2D eigenvalue weighted by atomic mass is 9.67. The van der Waals surface area contributed by atoms with Crippen LogP contribution in [0.15, 0.2) is 57.6 Å². The number of Topliss-reactive ketones (excluding diaryl/α,β-unsaturated/α-hetero) is 1. The SMILES string of the molecule is CC(C)=CCC1=C(O)C(CC=C(C)C)(CC=C(C)C)C(=O)C(C(=O)P)=C1O. The summed E-state index contributed by atoms with van der Waals surface area (Å²) in [5.41, 5.74) is 1.17. The smallest absolute Gasteiger partial charge is 0.185 e. The van der Waals surface area contributed by atoms with Gasteiger partial charge in [0.2, 0.25) is 0 Å². The molecule has 0 aromatic rings. The van der Waals surface area contributed by atoms with Crippen LogP contribution in [0.5, 0.6) is 0 Å². The molecule has 0 saturated heterocycles. The van der Waals surface area contributed by atoms with Crippen LogP contribution in [-0.2, 0) is 9.59 Å². The van der Waals surface area contributed by atoms with Crippen molar-refractivity contribution in [3.63, 3.8) is 0 Å². The van der Waals surface area contributed by atoms with Gasteiger partial charge in [-0.25, -0.2) is 0 Å². The van der Waals surface area contributed by atoms with Gasteiger partial charge in [0.1, 0.15) is 17.1 Å². The van der Waals surface area contributed by atoms with Gasteiger partial charge in [-0.15, -0.1) is 0 Å². The van der Waals surface area contributed by atoms with Crippen LogP contribution in [0.2, 0.25) is 0 Å². The molecular weight excluding hydrogens is 359 g/mol. The average molecular weight is 390 g/mol. The third-order valence-electron chi connectivity index (χ3n) is 4.60. The summed E-state index contributed by atoms with van der Waals surface area (Å²) in [6.45, 7) is 11.5. The molecular formula is C22H31O4P. The van der Waals surface area contributed by atoms with Crippen molar-refractivity contribution in [1.82, 2.24) is 0 Å². The molecule has 4 nitrogen and oxygen atoms in total. The Hall–Kier alpha value is -1.93. The molecule has 2 N–H and O–H groups in total. The van der Waals surface area contributed by atoms with E-state index in [1.807, 2.05) is 69.0 Å². The molecule has 0 aliphatic heterocycles. The van der Waals surface area contributed by atoms with Crippen LogP contribution >= 0.6 is 9.24 Å². The molecule has 0 amide bonds. The Morgan fingerprint density at radius 1 is 0.926 bits per heavy atom. The van der Waals surface area contributed by atoms with E-state index in [1.165, 1.54) is 0 Å². The van der Waals surface area contributed by atoms with Gasteiger partial charge in [-0.3, -0.25) is 9.59 Å². The van der Waals surface area contributed by atoms with Crippen molar-refractivity contribution in [1.29, 1.82) is 0 Å². The highest BCUT2D eigenvalue weighted by Crippen LogP contribution is 2.47. The van der Waals surface area contributed by atoms with Crippen LogP contribution in [0, 0.1) is 5.41 Å². The summed E-state index contributed by atoms with van der Waals surface area (Å²) < 4.78 is 0. The monoisotopic (exact) mass is 390 g/mol. The van der Waals surface area contributed by atoms with E-state index in [2.05, 4.69) is 0 Å². The van der Waals surface area contributed by atoms with E-state index in [0.717, 1.165) is 16.7 Å². The van der Waals surface area contributed by atoms with Gasteiger partial charge in [0.15, 0.2) is 11.3 Å². The van der Waals surface area contributed by atoms with E-state index in [0.29, 0.717) is 0 Å². The number of carbonyl (C=O) groups excluding carboxylic acids is 2. The molecule has 5 heteroatoms. The Balaban J connectivity index is 3.78. The Bertz CT molecular complexity index is 759. The molecule has 0 aromatic carbocycles. The fourth-order valence-corrected chi connectivity index (χ4v) is 3.22. The van der Waals surface area contributed by atoms with Gasteiger partial charge in [-0.05, 0) is 60.8 Å². The number of aliphatic hydroxyl groups excluding tert-OH is 2. The molecule has 1 unspecified atom stereocenters. The molecule has 1 rings (SSSR count). The molecule has 0 fully saturated rings. The second kappa shape index (κ2) is 9.32. The zero-order valence-corrected chi connectivity index (χ0v) is 18.3. The summed E-state index contributed by atoms with van der Waals surface area (Å²) >= 11 is 0. The van der Waals surface area contributed by atoms with E-state index < -0.39 is 22.5 Å². The summed E-state index contributed by atoms with van der Waals surface area (Å²) in [5.74, 6) is -1.10. The van der Waals surface area contributed by atoms with Crippen LogP contribution in [0.1, 0.15) is 60.8 Å². The molecule has 0 heterocycles. The largest absolute Gasteiger partial charge is 0.511 e. The molecule has 27 heavy (non-hydrogen) atoms. The molecule has 0 spiro atoms. The van der Waals surface area contributed by atoms with Gasteiger partial charge >= 0.3 is 0 Å². The van der Waals surface area contributed by atoms with Gasteiger partial charge in [0.05, 0.1) is 5.41 Å². The number of hydrogen-bond donors (Lipinski definition) is 2. The maximum absolute atomic E-state index is 13.3. The highest BCUT2D eigenvalue weighted by atomic mass is 31.0. The van der Waals surface area contributed by atoms with Crippen molar-refractivity contribution in [3.05, 3.63) is 57.6 Å². The summed E-state index contributed by atoms with van der Waals surface area (Å²) in [6.07, 6.45) is 6.40. The van der Waals surface area contributed by atoms with E-state index in [9.17, 15) is 19.8 Å². The van der Waals surface area contributed by atoms with Gasteiger partial charge in [-0.2, -0.15) is 0 Å². The van der Waals surface area contributed by atoms with Crippen molar-refractivity contribution >= 4 is 20.5 Å². The van der Waals surface area contributed by atoms with Crippen molar-refractivity contribution in [2.75, 3.05) is 0 Å². The lowest BCUT2D eigenvalue weighted by molar-refractivity contribution is -0.126. The average Bonchev–Trinajstić information content (AvgIpc) is 2.53. The minimum absolute atomic E-state index is 0.146. The number of ketones is 1. The fraction of sp³-hybridized carbons (Fsp3) is 0.455. The first-order valence-corrected chi connectivity index (χ1v) is 9.62. The first kappa shape index (κ1) is 23.1. The van der Waals surface area contributed by atoms with Crippen LogP contribution in [0.4, 0.5) is 0 Å². The van der Waals surface area contributed by atoms with Crippen molar-refractivity contribution in [3.8, 4) is 0 Å². The van der Waals surface area contributed by atoms with E-state index in [-0.39, 0.29) is 36.2 Å². The van der Waals surface area contributed by atoms with E-state index in [4.69, 9.17) is 0 Å². The molecule has 1 atom stereocenters. The van der Waals surface area contributed by atoms with Gasteiger partial charge in [0, 0.05) is 5.57 Å². The number of carbonyl (C=O) groups is 2. The zero-order valence-electron chi connectivity index (χ0n) is 17.1. The maximum Gasteiger partial charge on any atom is 0.185 e. The number of aliphatic hydroxyl groups is 2. The lowest BCUT2D eigenvalue weighted by Gasteiger charge is -2.36. The standard InChI is InChI=1S/C22H31O4P/c1-13(2)7-8-16-18(23)17(21(26)27)20(25)22(19(16)24,11-9-14(3)4)12-10-15(5)6/h7,9-10,23-24H,8,11-12,27H2,1-6H3. The van der Waals surface area contributed by atoms with Gasteiger partial charge in [-0.1, -0.05) is 44.2 Å². The second-order valence-electron chi connectivity index (χ2n) is 7.78. The Morgan fingerprint density at radius 3 is 1.74 bits per heavy atom. The maximum atomic E-state index is 13.3. The molecule has 0 saturated carbocycles. The van der Waals surface area contributed by atoms with E-state index in [1.54, 1.807) is 0 Å². The van der Waals surface area contributed by atoms with Gasteiger partial charge in [0.25, 0.3) is 0 Å². The third-order valence-corrected chi connectivity index (χ3v) is 4.89. The Kier molecular flexibility index (Phi) is 7.98. The highest BCUT2D eigenvalue weighted by molar-refractivity contribution is 7.41. The fourth-order valence-electron chi connectivity index (χ4n) is 2.95. The number of rotatable bonds is 7. The third kappa shape index (κ3) is 5.29. The lowest BCUT2D eigenvalue weighted by Crippen LogP contribution is -2.40. The Labute approximate surface area is 164 Å². The first-order chi connectivity index (χ1) is 12.4. The molecule has 1 aliphatic carbocycles. The molecule has 0 radical (unpaired) electrons. The minimum atomic E-state index is -1.28.